The van der Waals surface area contributed by atoms with E-state index in [2.05, 4.69) is 14.9 Å². The second-order valence-corrected chi connectivity index (χ2v) is 9.74. The summed E-state index contributed by atoms with van der Waals surface area (Å²) in [6, 6.07) is 9.19. The summed E-state index contributed by atoms with van der Waals surface area (Å²) in [7, 11) is 0. The molecule has 0 atom stereocenters. The van der Waals surface area contributed by atoms with Gasteiger partial charge in [-0.3, -0.25) is 18.9 Å². The molecule has 0 spiro atoms. The highest BCUT2D eigenvalue weighted by Crippen LogP contribution is 2.30. The number of hydrogen-bond acceptors (Lipinski definition) is 7. The van der Waals surface area contributed by atoms with E-state index in [0.717, 1.165) is 35.0 Å². The molecule has 1 aromatic carbocycles. The summed E-state index contributed by atoms with van der Waals surface area (Å²) in [5, 5.41) is 5.27. The second-order valence-electron chi connectivity index (χ2n) is 7.60. The summed E-state index contributed by atoms with van der Waals surface area (Å²) in [6.07, 6.45) is 2.03. The molecule has 32 heavy (non-hydrogen) atoms. The number of fused-ring (bicyclic) bond motifs is 1. The van der Waals surface area contributed by atoms with E-state index < -0.39 is 0 Å². The van der Waals surface area contributed by atoms with Gasteiger partial charge >= 0.3 is 0 Å². The molecular weight excluding hydrogens is 466 g/mol. The number of thiazole rings is 2. The fourth-order valence-electron chi connectivity index (χ4n) is 3.77. The third-order valence-corrected chi connectivity index (χ3v) is 7.47. The number of rotatable bonds is 5. The van der Waals surface area contributed by atoms with Crippen molar-refractivity contribution in [2.45, 2.75) is 13.0 Å². The molecule has 4 aromatic rings. The van der Waals surface area contributed by atoms with Crippen molar-refractivity contribution in [3.63, 3.8) is 0 Å². The summed E-state index contributed by atoms with van der Waals surface area (Å²) in [6.45, 7) is 3.42. The summed E-state index contributed by atoms with van der Waals surface area (Å²) < 4.78 is 1.56. The Bertz CT molecular complexity index is 1320. The van der Waals surface area contributed by atoms with Gasteiger partial charge in [0, 0.05) is 61.3 Å². The molecular formula is C22H20ClN5O2S2. The highest BCUT2D eigenvalue weighted by molar-refractivity contribution is 7.15. The van der Waals surface area contributed by atoms with Gasteiger partial charge in [-0.15, -0.1) is 22.7 Å². The Morgan fingerprint density at radius 3 is 2.69 bits per heavy atom. The number of nitrogens with zero attached hydrogens (tertiary/aromatic N) is 5. The zero-order valence-corrected chi connectivity index (χ0v) is 19.5. The lowest BCUT2D eigenvalue weighted by Gasteiger charge is -2.34. The molecule has 0 bridgehead atoms. The molecule has 10 heteroatoms. The third-order valence-electron chi connectivity index (χ3n) is 5.46. The largest absolute Gasteiger partial charge is 0.340 e. The first-order valence-corrected chi connectivity index (χ1v) is 12.4. The fraction of sp³-hybridized carbons (Fsp3) is 0.273. The minimum atomic E-state index is -0.0560. The molecule has 0 radical (unpaired) electrons. The van der Waals surface area contributed by atoms with E-state index >= 15 is 0 Å². The smallest absolute Gasteiger partial charge is 0.258 e. The zero-order chi connectivity index (χ0) is 22.1. The van der Waals surface area contributed by atoms with Crippen LogP contribution in [0.3, 0.4) is 0 Å². The molecule has 1 aliphatic heterocycles. The van der Waals surface area contributed by atoms with E-state index in [9.17, 15) is 9.59 Å². The first kappa shape index (κ1) is 21.3. The van der Waals surface area contributed by atoms with Crippen LogP contribution in [0.4, 0.5) is 0 Å². The van der Waals surface area contributed by atoms with Gasteiger partial charge in [0.1, 0.15) is 5.01 Å². The minimum absolute atomic E-state index is 0.0560. The van der Waals surface area contributed by atoms with Gasteiger partial charge in [-0.25, -0.2) is 9.97 Å². The van der Waals surface area contributed by atoms with E-state index in [1.807, 2.05) is 39.9 Å². The molecule has 164 valence electrons. The van der Waals surface area contributed by atoms with E-state index in [4.69, 9.17) is 11.6 Å². The van der Waals surface area contributed by atoms with Crippen LogP contribution in [0.25, 0.3) is 15.5 Å². The van der Waals surface area contributed by atoms with Crippen LogP contribution in [0.5, 0.6) is 0 Å². The Hall–Kier alpha value is -2.59. The summed E-state index contributed by atoms with van der Waals surface area (Å²) in [5.41, 5.74) is 2.37. The molecule has 0 unspecified atom stereocenters. The minimum Gasteiger partial charge on any atom is -0.340 e. The van der Waals surface area contributed by atoms with Crippen LogP contribution in [0.2, 0.25) is 5.02 Å². The summed E-state index contributed by atoms with van der Waals surface area (Å²) >= 11 is 9.22. The maximum Gasteiger partial charge on any atom is 0.258 e. The molecule has 7 nitrogen and oxygen atoms in total. The summed E-state index contributed by atoms with van der Waals surface area (Å²) in [4.78, 5) is 39.0. The number of hydrogen-bond donors (Lipinski definition) is 0. The van der Waals surface area contributed by atoms with E-state index in [-0.39, 0.29) is 17.9 Å². The van der Waals surface area contributed by atoms with Crippen LogP contribution in [-0.4, -0.2) is 56.3 Å². The molecule has 1 aliphatic rings. The van der Waals surface area contributed by atoms with Crippen molar-refractivity contribution in [2.24, 2.45) is 0 Å². The standard InChI is InChI=1S/C22H20ClN5O2S2/c23-18-4-2-1-3-17(18)21-24-16(14-32-21)12-19(29)27-7-5-26(6-8-27)13-15-11-20(30)28-9-10-31-22(28)25-15/h1-4,9-11,14H,5-8,12-13H2. The number of aromatic nitrogens is 3. The van der Waals surface area contributed by atoms with Gasteiger partial charge in [0.15, 0.2) is 4.96 Å². The molecule has 4 heterocycles. The van der Waals surface area contributed by atoms with E-state index in [0.29, 0.717) is 29.6 Å². The van der Waals surface area contributed by atoms with Crippen molar-refractivity contribution >= 4 is 45.1 Å². The molecule has 5 rings (SSSR count). The Balaban J connectivity index is 1.17. The Labute approximate surface area is 197 Å². The predicted octanol–water partition coefficient (Wildman–Crippen LogP) is 3.42. The van der Waals surface area contributed by atoms with Crippen molar-refractivity contribution in [2.75, 3.05) is 26.2 Å². The molecule has 1 amide bonds. The topological polar surface area (TPSA) is 70.8 Å². The maximum absolute atomic E-state index is 12.8. The number of piperazine rings is 1. The Morgan fingerprint density at radius 1 is 1.06 bits per heavy atom. The molecule has 0 N–H and O–H groups in total. The Kier molecular flexibility index (Phi) is 6.05. The first-order valence-electron chi connectivity index (χ1n) is 10.2. The molecule has 3 aromatic heterocycles. The van der Waals surface area contributed by atoms with Gasteiger partial charge in [-0.2, -0.15) is 0 Å². The average Bonchev–Trinajstić information content (AvgIpc) is 3.44. The molecule has 1 fully saturated rings. The van der Waals surface area contributed by atoms with Gasteiger partial charge in [-0.1, -0.05) is 29.8 Å². The third kappa shape index (κ3) is 4.47. The van der Waals surface area contributed by atoms with Gasteiger partial charge in [-0.05, 0) is 6.07 Å². The van der Waals surface area contributed by atoms with Gasteiger partial charge < -0.3 is 4.90 Å². The monoisotopic (exact) mass is 485 g/mol. The highest BCUT2D eigenvalue weighted by Gasteiger charge is 2.22. The van der Waals surface area contributed by atoms with E-state index in [1.165, 1.54) is 22.7 Å². The maximum atomic E-state index is 12.8. The van der Waals surface area contributed by atoms with Crippen LogP contribution in [0.1, 0.15) is 11.4 Å². The molecule has 0 saturated carbocycles. The van der Waals surface area contributed by atoms with Crippen LogP contribution in [-0.2, 0) is 17.8 Å². The lowest BCUT2D eigenvalue weighted by atomic mass is 10.2. The quantitative estimate of drug-likeness (QED) is 0.433. The lowest BCUT2D eigenvalue weighted by molar-refractivity contribution is -0.132. The first-order chi connectivity index (χ1) is 15.6. The number of carbonyl (C=O) groups excluding carboxylic acids is 1. The van der Waals surface area contributed by atoms with Crippen molar-refractivity contribution in [1.82, 2.24) is 24.2 Å². The lowest BCUT2D eigenvalue weighted by Crippen LogP contribution is -2.48. The van der Waals surface area contributed by atoms with Crippen molar-refractivity contribution in [3.8, 4) is 10.6 Å². The Morgan fingerprint density at radius 2 is 1.88 bits per heavy atom. The van der Waals surface area contributed by atoms with Gasteiger partial charge in [0.25, 0.3) is 5.56 Å². The normalized spacial score (nSPS) is 14.8. The zero-order valence-electron chi connectivity index (χ0n) is 17.1. The predicted molar refractivity (Wildman–Crippen MR) is 127 cm³/mol. The van der Waals surface area contributed by atoms with E-state index in [1.54, 1.807) is 16.7 Å². The highest BCUT2D eigenvalue weighted by atomic mass is 35.5. The number of amides is 1. The van der Waals surface area contributed by atoms with Crippen LogP contribution in [0.15, 0.2) is 52.1 Å². The number of benzene rings is 1. The van der Waals surface area contributed by atoms with Crippen LogP contribution >= 0.6 is 34.3 Å². The SMILES string of the molecule is O=C(Cc1csc(-c2ccccc2Cl)n1)N1CCN(Cc2cc(=O)n3ccsc3n2)CC1. The fourth-order valence-corrected chi connectivity index (χ4v) is 5.65. The van der Waals surface area contributed by atoms with Crippen LogP contribution in [0, 0.1) is 0 Å². The summed E-state index contributed by atoms with van der Waals surface area (Å²) in [5.74, 6) is 0.0806. The molecule has 0 aliphatic carbocycles. The average molecular weight is 486 g/mol. The van der Waals surface area contributed by atoms with Gasteiger partial charge in [0.2, 0.25) is 5.91 Å². The molecule has 1 saturated heterocycles. The van der Waals surface area contributed by atoms with Crippen molar-refractivity contribution in [3.05, 3.63) is 74.1 Å². The second kappa shape index (κ2) is 9.11. The van der Waals surface area contributed by atoms with Gasteiger partial charge in [0.05, 0.1) is 22.8 Å². The number of halogens is 1. The van der Waals surface area contributed by atoms with Crippen LogP contribution < -0.4 is 5.56 Å². The van der Waals surface area contributed by atoms with Crippen molar-refractivity contribution < 1.29 is 4.79 Å². The van der Waals surface area contributed by atoms with Crippen molar-refractivity contribution in [1.29, 1.82) is 0 Å². The number of carbonyl (C=O) groups is 1.